The van der Waals surface area contributed by atoms with Gasteiger partial charge in [0.1, 0.15) is 5.82 Å². The largest absolute Gasteiger partial charge is 0.320 e. The van der Waals surface area contributed by atoms with Crippen LogP contribution in [0.4, 0.5) is 10.1 Å². The lowest BCUT2D eigenvalue weighted by Crippen LogP contribution is -2.22. The second-order valence-corrected chi connectivity index (χ2v) is 8.19. The molecule has 0 heterocycles. The van der Waals surface area contributed by atoms with Gasteiger partial charge in [-0.25, -0.2) is 21.2 Å². The Labute approximate surface area is 117 Å². The maximum atomic E-state index is 13.4. The molecule has 0 aliphatic carbocycles. The molecule has 0 bridgehead atoms. The van der Waals surface area contributed by atoms with Gasteiger partial charge in [-0.1, -0.05) is 11.8 Å². The Morgan fingerprint density at radius 2 is 1.95 bits per heavy atom. The normalized spacial score (nSPS) is 11.6. The summed E-state index contributed by atoms with van der Waals surface area (Å²) in [7, 11) is -7.78. The molecule has 0 amide bonds. The van der Waals surface area contributed by atoms with Crippen molar-refractivity contribution in [2.45, 2.75) is 0 Å². The van der Waals surface area contributed by atoms with E-state index in [4.69, 9.17) is 5.73 Å². The van der Waals surface area contributed by atoms with Crippen LogP contribution in [0.2, 0.25) is 0 Å². The van der Waals surface area contributed by atoms with Gasteiger partial charge < -0.3 is 5.73 Å². The molecular weight excluding hydrogens is 307 g/mol. The number of hydrogen-bond acceptors (Lipinski definition) is 5. The van der Waals surface area contributed by atoms with Crippen molar-refractivity contribution >= 4 is 25.5 Å². The predicted molar refractivity (Wildman–Crippen MR) is 74.6 cm³/mol. The summed E-state index contributed by atoms with van der Waals surface area (Å²) in [5, 5.41) is -1.05. The second-order valence-electron chi connectivity index (χ2n) is 3.96. The minimum absolute atomic E-state index is 0.0244. The highest BCUT2D eigenvalue weighted by Crippen LogP contribution is 2.15. The molecule has 0 atom stereocenters. The number of anilines is 1. The highest BCUT2D eigenvalue weighted by molar-refractivity contribution is 8.08. The molecule has 0 saturated heterocycles. The van der Waals surface area contributed by atoms with Crippen molar-refractivity contribution in [1.82, 2.24) is 0 Å². The molecule has 0 fully saturated rings. The van der Waals surface area contributed by atoms with E-state index < -0.39 is 30.8 Å². The summed E-state index contributed by atoms with van der Waals surface area (Å²) < 4.78 is 60.6. The zero-order valence-electron chi connectivity index (χ0n) is 10.6. The molecular formula is C11H13FN2O4S2. The van der Waals surface area contributed by atoms with Gasteiger partial charge in [0.15, 0.2) is 14.9 Å². The van der Waals surface area contributed by atoms with Gasteiger partial charge >= 0.3 is 0 Å². The van der Waals surface area contributed by atoms with Crippen LogP contribution in [-0.2, 0) is 19.9 Å². The topological polar surface area (TPSA) is 106 Å². The van der Waals surface area contributed by atoms with Crippen molar-refractivity contribution < 1.29 is 21.2 Å². The van der Waals surface area contributed by atoms with E-state index in [1.165, 1.54) is 6.07 Å². The van der Waals surface area contributed by atoms with Crippen molar-refractivity contribution in [3.8, 4) is 11.8 Å². The van der Waals surface area contributed by atoms with Crippen LogP contribution in [-0.4, -0.2) is 34.7 Å². The number of hydrogen-bond donors (Lipinski definition) is 2. The summed E-state index contributed by atoms with van der Waals surface area (Å²) in [4.78, 5) is 0. The molecule has 1 rings (SSSR count). The smallest absolute Gasteiger partial charge is 0.247 e. The summed E-state index contributed by atoms with van der Waals surface area (Å²) in [6, 6.07) is 3.36. The third-order valence-electron chi connectivity index (χ3n) is 1.93. The molecule has 0 aliphatic rings. The van der Waals surface area contributed by atoms with Crippen LogP contribution in [0, 0.1) is 17.7 Å². The van der Waals surface area contributed by atoms with E-state index in [0.29, 0.717) is 0 Å². The standard InChI is InChI=1S/C11H13FN2O4S2/c1-19(15,16)8-20(17,18)14-10-4-5-11(12)9(7-10)3-2-6-13/h4-5,7,14H,6,8,13H2,1H3. The third-order valence-corrected chi connectivity index (χ3v) is 5.43. The second kappa shape index (κ2) is 6.21. The van der Waals surface area contributed by atoms with Crippen molar-refractivity contribution in [3.63, 3.8) is 0 Å². The lowest BCUT2D eigenvalue weighted by molar-refractivity contribution is 0.594. The highest BCUT2D eigenvalue weighted by Gasteiger charge is 2.18. The summed E-state index contributed by atoms with van der Waals surface area (Å²) in [6.07, 6.45) is 0.801. The van der Waals surface area contributed by atoms with Crippen molar-refractivity contribution in [2.24, 2.45) is 5.73 Å². The van der Waals surface area contributed by atoms with Gasteiger partial charge in [0.2, 0.25) is 10.0 Å². The Hall–Kier alpha value is -1.63. The number of rotatable bonds is 4. The van der Waals surface area contributed by atoms with E-state index in [1.807, 2.05) is 4.72 Å². The SMILES string of the molecule is CS(=O)(=O)CS(=O)(=O)Nc1ccc(F)c(C#CCN)c1. The predicted octanol–water partition coefficient (Wildman–Crippen LogP) is -0.120. The van der Waals surface area contributed by atoms with E-state index in [9.17, 15) is 21.2 Å². The van der Waals surface area contributed by atoms with Crippen LogP contribution in [0.15, 0.2) is 18.2 Å². The van der Waals surface area contributed by atoms with Gasteiger partial charge in [-0.05, 0) is 18.2 Å². The van der Waals surface area contributed by atoms with Crippen LogP contribution >= 0.6 is 0 Å². The number of sulfone groups is 1. The molecule has 110 valence electrons. The van der Waals surface area contributed by atoms with Gasteiger partial charge in [-0.2, -0.15) is 0 Å². The monoisotopic (exact) mass is 320 g/mol. The maximum absolute atomic E-state index is 13.4. The van der Waals surface area contributed by atoms with Crippen LogP contribution in [0.1, 0.15) is 5.56 Å². The summed E-state index contributed by atoms with van der Waals surface area (Å²) >= 11 is 0. The van der Waals surface area contributed by atoms with E-state index in [2.05, 4.69) is 11.8 Å². The van der Waals surface area contributed by atoms with Gasteiger partial charge in [0.25, 0.3) is 0 Å². The Morgan fingerprint density at radius 1 is 1.30 bits per heavy atom. The molecule has 3 N–H and O–H groups in total. The highest BCUT2D eigenvalue weighted by atomic mass is 32.3. The Balaban J connectivity index is 3.05. The fourth-order valence-corrected chi connectivity index (χ4v) is 4.30. The third kappa shape index (κ3) is 5.56. The van der Waals surface area contributed by atoms with Crippen LogP contribution < -0.4 is 10.5 Å². The average Bonchev–Trinajstić information content (AvgIpc) is 2.26. The average molecular weight is 320 g/mol. The first-order valence-corrected chi connectivity index (χ1v) is 9.01. The molecule has 0 aromatic heterocycles. The molecule has 9 heteroatoms. The van der Waals surface area contributed by atoms with Crippen molar-refractivity contribution in [1.29, 1.82) is 0 Å². The first-order valence-electron chi connectivity index (χ1n) is 5.30. The number of nitrogens with one attached hydrogen (secondary N) is 1. The van der Waals surface area contributed by atoms with Crippen molar-refractivity contribution in [2.75, 3.05) is 22.6 Å². The van der Waals surface area contributed by atoms with Crippen LogP contribution in [0.25, 0.3) is 0 Å². The maximum Gasteiger partial charge on any atom is 0.247 e. The number of halogens is 1. The minimum Gasteiger partial charge on any atom is -0.320 e. The lowest BCUT2D eigenvalue weighted by Gasteiger charge is -2.07. The van der Waals surface area contributed by atoms with E-state index in [-0.39, 0.29) is 17.8 Å². The quantitative estimate of drug-likeness (QED) is 0.752. The van der Waals surface area contributed by atoms with E-state index in [0.717, 1.165) is 18.4 Å². The van der Waals surface area contributed by atoms with Crippen LogP contribution in [0.5, 0.6) is 0 Å². The zero-order valence-corrected chi connectivity index (χ0v) is 12.2. The molecule has 0 unspecified atom stereocenters. The Bertz CT molecular complexity index is 761. The minimum atomic E-state index is -4.08. The van der Waals surface area contributed by atoms with E-state index in [1.54, 1.807) is 0 Å². The van der Waals surface area contributed by atoms with E-state index >= 15 is 0 Å². The molecule has 0 aliphatic heterocycles. The molecule has 20 heavy (non-hydrogen) atoms. The van der Waals surface area contributed by atoms with Gasteiger partial charge in [-0.3, -0.25) is 4.72 Å². The number of benzene rings is 1. The summed E-state index contributed by atoms with van der Waals surface area (Å²) in [6.45, 7) is 0.0312. The molecule has 1 aromatic rings. The van der Waals surface area contributed by atoms with Crippen LogP contribution in [0.3, 0.4) is 0 Å². The lowest BCUT2D eigenvalue weighted by atomic mass is 10.2. The first-order chi connectivity index (χ1) is 9.13. The van der Waals surface area contributed by atoms with Gasteiger partial charge in [-0.15, -0.1) is 0 Å². The van der Waals surface area contributed by atoms with Crippen molar-refractivity contribution in [3.05, 3.63) is 29.6 Å². The Morgan fingerprint density at radius 3 is 2.50 bits per heavy atom. The van der Waals surface area contributed by atoms with Gasteiger partial charge in [0.05, 0.1) is 12.1 Å². The fourth-order valence-electron chi connectivity index (χ4n) is 1.32. The molecule has 0 radical (unpaired) electrons. The molecule has 6 nitrogen and oxygen atoms in total. The Kier molecular flexibility index (Phi) is 5.10. The number of sulfonamides is 1. The summed E-state index contributed by atoms with van der Waals surface area (Å²) in [5.41, 5.74) is 5.15. The zero-order chi connectivity index (χ0) is 15.4. The number of nitrogens with two attached hydrogens (primary N) is 1. The molecule has 0 spiro atoms. The van der Waals surface area contributed by atoms with Gasteiger partial charge in [0, 0.05) is 11.9 Å². The molecule has 0 saturated carbocycles. The first kappa shape index (κ1) is 16.4. The molecule has 1 aromatic carbocycles. The summed E-state index contributed by atoms with van der Waals surface area (Å²) in [5.74, 6) is 4.25. The fraction of sp³-hybridized carbons (Fsp3) is 0.273.